The third-order valence-electron chi connectivity index (χ3n) is 3.98. The summed E-state index contributed by atoms with van der Waals surface area (Å²) >= 11 is 1.74. The Labute approximate surface area is 187 Å². The summed E-state index contributed by atoms with van der Waals surface area (Å²) in [5.41, 5.74) is 0.864. The van der Waals surface area contributed by atoms with Crippen LogP contribution in [0.1, 0.15) is 32.8 Å². The third kappa shape index (κ3) is 11.5. The van der Waals surface area contributed by atoms with Crippen LogP contribution < -0.4 is 20.1 Å². The van der Waals surface area contributed by atoms with Crippen molar-refractivity contribution in [2.24, 2.45) is 0 Å². The molecule has 9 nitrogen and oxygen atoms in total. The van der Waals surface area contributed by atoms with Crippen molar-refractivity contribution < 1.29 is 33.3 Å². The molecule has 174 valence electrons. The SMILES string of the molecule is CCOC(=O)Oc1ccc(CCNC[C@H](CCSC)NC(C)=O)cc1OC(=O)OCC. The van der Waals surface area contributed by atoms with E-state index in [2.05, 4.69) is 10.6 Å². The topological polar surface area (TPSA) is 112 Å². The van der Waals surface area contributed by atoms with E-state index < -0.39 is 12.3 Å². The summed E-state index contributed by atoms with van der Waals surface area (Å²) in [5.74, 6) is 1.04. The van der Waals surface area contributed by atoms with Crippen molar-refractivity contribution in [3.63, 3.8) is 0 Å². The summed E-state index contributed by atoms with van der Waals surface area (Å²) in [6.07, 6.45) is 1.77. The molecule has 2 N–H and O–H groups in total. The lowest BCUT2D eigenvalue weighted by Gasteiger charge is -2.18. The van der Waals surface area contributed by atoms with Gasteiger partial charge in [-0.2, -0.15) is 11.8 Å². The average Bonchev–Trinajstić information content (AvgIpc) is 2.71. The van der Waals surface area contributed by atoms with Crippen molar-refractivity contribution in [2.45, 2.75) is 39.7 Å². The fourth-order valence-electron chi connectivity index (χ4n) is 2.63. The molecule has 1 rings (SSSR count). The van der Waals surface area contributed by atoms with E-state index in [1.165, 1.54) is 6.92 Å². The molecular formula is C21H32N2O7S. The summed E-state index contributed by atoms with van der Waals surface area (Å²) in [6, 6.07) is 4.99. The Balaban J connectivity index is 2.72. The number of carbonyl (C=O) groups excluding carboxylic acids is 3. The predicted molar refractivity (Wildman–Crippen MR) is 119 cm³/mol. The zero-order valence-corrected chi connectivity index (χ0v) is 19.3. The van der Waals surface area contributed by atoms with Gasteiger partial charge in [-0.25, -0.2) is 9.59 Å². The molecule has 0 aromatic heterocycles. The Hall–Kier alpha value is -2.46. The molecule has 1 amide bonds. The van der Waals surface area contributed by atoms with E-state index in [9.17, 15) is 14.4 Å². The lowest BCUT2D eigenvalue weighted by molar-refractivity contribution is -0.119. The highest BCUT2D eigenvalue weighted by molar-refractivity contribution is 7.98. The molecular weight excluding hydrogens is 424 g/mol. The maximum absolute atomic E-state index is 11.7. The Bertz CT molecular complexity index is 715. The van der Waals surface area contributed by atoms with Crippen LogP contribution in [0.15, 0.2) is 18.2 Å². The van der Waals surface area contributed by atoms with E-state index in [4.69, 9.17) is 18.9 Å². The molecule has 31 heavy (non-hydrogen) atoms. The molecule has 0 saturated carbocycles. The second kappa shape index (κ2) is 15.4. The van der Waals surface area contributed by atoms with E-state index in [1.807, 2.05) is 6.26 Å². The first kappa shape index (κ1) is 26.6. The van der Waals surface area contributed by atoms with Crippen LogP contribution in [0.4, 0.5) is 9.59 Å². The van der Waals surface area contributed by atoms with Gasteiger partial charge in [0.15, 0.2) is 11.5 Å². The van der Waals surface area contributed by atoms with Crippen LogP contribution in [0.5, 0.6) is 11.5 Å². The number of carbonyl (C=O) groups is 3. The molecule has 0 bridgehead atoms. The first-order valence-corrected chi connectivity index (χ1v) is 11.6. The maximum Gasteiger partial charge on any atom is 0.513 e. The summed E-state index contributed by atoms with van der Waals surface area (Å²) in [4.78, 5) is 34.7. The van der Waals surface area contributed by atoms with E-state index in [0.717, 1.165) is 17.7 Å². The van der Waals surface area contributed by atoms with Crippen LogP contribution in [0.2, 0.25) is 0 Å². The second-order valence-corrected chi connectivity index (χ2v) is 7.47. The first-order valence-electron chi connectivity index (χ1n) is 10.2. The summed E-state index contributed by atoms with van der Waals surface area (Å²) in [6.45, 7) is 6.44. The standard InChI is InChI=1S/C21H32N2O7S/c1-5-27-20(25)29-18-8-7-16(13-19(18)30-21(26)28-6-2)9-11-22-14-17(10-12-31-4)23-15(3)24/h7-8,13,17,22H,5-6,9-12,14H2,1-4H3,(H,23,24)/t17-/m0/s1. The minimum absolute atomic E-state index is 0.0501. The molecule has 0 saturated heterocycles. The Morgan fingerprint density at radius 3 is 2.26 bits per heavy atom. The van der Waals surface area contributed by atoms with Crippen molar-refractivity contribution in [3.8, 4) is 11.5 Å². The highest BCUT2D eigenvalue weighted by Gasteiger charge is 2.16. The molecule has 1 atom stereocenters. The molecule has 0 unspecified atom stereocenters. The van der Waals surface area contributed by atoms with Gasteiger partial charge in [0.1, 0.15) is 0 Å². The van der Waals surface area contributed by atoms with E-state index in [0.29, 0.717) is 19.5 Å². The lowest BCUT2D eigenvalue weighted by Crippen LogP contribution is -2.41. The summed E-state index contributed by atoms with van der Waals surface area (Å²) in [7, 11) is 0. The molecule has 10 heteroatoms. The molecule has 0 aliphatic rings. The van der Waals surface area contributed by atoms with Crippen LogP contribution >= 0.6 is 11.8 Å². The number of benzene rings is 1. The normalized spacial score (nSPS) is 11.4. The van der Waals surface area contributed by atoms with Gasteiger partial charge in [0.25, 0.3) is 0 Å². The van der Waals surface area contributed by atoms with E-state index >= 15 is 0 Å². The minimum atomic E-state index is -0.890. The highest BCUT2D eigenvalue weighted by Crippen LogP contribution is 2.29. The molecule has 0 spiro atoms. The molecule has 0 aliphatic heterocycles. The number of rotatable bonds is 13. The Kier molecular flexibility index (Phi) is 13.2. The second-order valence-electron chi connectivity index (χ2n) is 6.48. The fraction of sp³-hybridized carbons (Fsp3) is 0.571. The predicted octanol–water partition coefficient (Wildman–Crippen LogP) is 3.15. The van der Waals surface area contributed by atoms with Crippen LogP contribution in [0.3, 0.4) is 0 Å². The molecule has 1 aromatic carbocycles. The van der Waals surface area contributed by atoms with Crippen molar-refractivity contribution in [3.05, 3.63) is 23.8 Å². The van der Waals surface area contributed by atoms with Crippen molar-refractivity contribution in [1.29, 1.82) is 0 Å². The van der Waals surface area contributed by atoms with Gasteiger partial charge < -0.3 is 29.6 Å². The van der Waals surface area contributed by atoms with Gasteiger partial charge in [-0.3, -0.25) is 4.79 Å². The number of thioether (sulfide) groups is 1. The van der Waals surface area contributed by atoms with Gasteiger partial charge in [-0.1, -0.05) is 6.07 Å². The summed E-state index contributed by atoms with van der Waals surface area (Å²) in [5, 5.41) is 6.28. The molecule has 0 fully saturated rings. The smallest absolute Gasteiger partial charge is 0.434 e. The Morgan fingerprint density at radius 1 is 1.03 bits per heavy atom. The van der Waals surface area contributed by atoms with Crippen LogP contribution in [0, 0.1) is 0 Å². The Morgan fingerprint density at radius 2 is 1.68 bits per heavy atom. The average molecular weight is 457 g/mol. The van der Waals surface area contributed by atoms with Gasteiger partial charge in [-0.05, 0) is 62.9 Å². The van der Waals surface area contributed by atoms with Gasteiger partial charge >= 0.3 is 12.3 Å². The number of nitrogens with one attached hydrogen (secondary N) is 2. The highest BCUT2D eigenvalue weighted by atomic mass is 32.2. The van der Waals surface area contributed by atoms with Crippen LogP contribution in [0.25, 0.3) is 0 Å². The molecule has 0 heterocycles. The zero-order valence-electron chi connectivity index (χ0n) is 18.5. The van der Waals surface area contributed by atoms with Crippen molar-refractivity contribution in [1.82, 2.24) is 10.6 Å². The number of hydrogen-bond acceptors (Lipinski definition) is 9. The molecule has 1 aromatic rings. The monoisotopic (exact) mass is 456 g/mol. The fourth-order valence-corrected chi connectivity index (χ4v) is 3.15. The van der Waals surface area contributed by atoms with Crippen molar-refractivity contribution >= 4 is 30.0 Å². The van der Waals surface area contributed by atoms with Crippen molar-refractivity contribution in [2.75, 3.05) is 38.3 Å². The lowest BCUT2D eigenvalue weighted by atomic mass is 10.1. The molecule has 0 radical (unpaired) electrons. The van der Waals surface area contributed by atoms with E-state index in [1.54, 1.807) is 43.8 Å². The van der Waals surface area contributed by atoms with E-state index in [-0.39, 0.29) is 36.7 Å². The van der Waals surface area contributed by atoms with Gasteiger partial charge in [-0.15, -0.1) is 0 Å². The number of ether oxygens (including phenoxy) is 4. The molecule has 0 aliphatic carbocycles. The minimum Gasteiger partial charge on any atom is -0.434 e. The van der Waals surface area contributed by atoms with Gasteiger partial charge in [0, 0.05) is 19.5 Å². The van der Waals surface area contributed by atoms with Crippen LogP contribution in [-0.4, -0.2) is 62.6 Å². The maximum atomic E-state index is 11.7. The number of hydrogen-bond donors (Lipinski definition) is 2. The largest absolute Gasteiger partial charge is 0.513 e. The van der Waals surface area contributed by atoms with Gasteiger partial charge in [0.2, 0.25) is 5.91 Å². The first-order chi connectivity index (χ1) is 14.9. The van der Waals surface area contributed by atoms with Gasteiger partial charge in [0.05, 0.1) is 13.2 Å². The zero-order chi connectivity index (χ0) is 23.1. The third-order valence-corrected chi connectivity index (χ3v) is 4.62. The number of amides is 1. The summed E-state index contributed by atoms with van der Waals surface area (Å²) < 4.78 is 19.8. The quantitative estimate of drug-likeness (QED) is 0.263. The van der Waals surface area contributed by atoms with Crippen LogP contribution in [-0.2, 0) is 20.7 Å².